The van der Waals surface area contributed by atoms with Gasteiger partial charge < -0.3 is 14.1 Å². The van der Waals surface area contributed by atoms with E-state index in [2.05, 4.69) is 0 Å². The lowest BCUT2D eigenvalue weighted by atomic mass is 10.1. The van der Waals surface area contributed by atoms with E-state index in [1.807, 2.05) is 0 Å². The van der Waals surface area contributed by atoms with Crippen molar-refractivity contribution < 1.29 is 23.1 Å². The van der Waals surface area contributed by atoms with Crippen molar-refractivity contribution in [3.8, 4) is 17.1 Å². The number of benzene rings is 2. The van der Waals surface area contributed by atoms with Gasteiger partial charge in [-0.15, -0.1) is 0 Å². The molecule has 0 saturated carbocycles. The van der Waals surface area contributed by atoms with Crippen LogP contribution in [0.15, 0.2) is 71.2 Å². The summed E-state index contributed by atoms with van der Waals surface area (Å²) in [4.78, 5) is 25.3. The lowest BCUT2D eigenvalue weighted by molar-refractivity contribution is -0.130. The third-order valence-electron chi connectivity index (χ3n) is 4.15. The summed E-state index contributed by atoms with van der Waals surface area (Å²) in [5, 5.41) is 0. The maximum absolute atomic E-state index is 13.0. The van der Waals surface area contributed by atoms with Crippen LogP contribution in [0.4, 0.5) is 4.39 Å². The van der Waals surface area contributed by atoms with E-state index in [1.54, 1.807) is 68.7 Å². The van der Waals surface area contributed by atoms with Gasteiger partial charge in [0, 0.05) is 25.2 Å². The zero-order valence-corrected chi connectivity index (χ0v) is 16.1. The molecule has 0 aliphatic rings. The molecule has 0 aliphatic carbocycles. The second-order valence-electron chi connectivity index (χ2n) is 6.51. The van der Waals surface area contributed by atoms with Gasteiger partial charge in [0.15, 0.2) is 12.4 Å². The molecule has 0 atom stereocenters. The van der Waals surface area contributed by atoms with Gasteiger partial charge >= 0.3 is 0 Å². The fourth-order valence-electron chi connectivity index (χ4n) is 2.46. The van der Waals surface area contributed by atoms with Crippen molar-refractivity contribution in [2.24, 2.45) is 0 Å². The van der Waals surface area contributed by atoms with Gasteiger partial charge in [-0.05, 0) is 72.8 Å². The van der Waals surface area contributed by atoms with Crippen molar-refractivity contribution in [3.63, 3.8) is 0 Å². The molecule has 3 rings (SSSR count). The molecule has 5 nitrogen and oxygen atoms in total. The van der Waals surface area contributed by atoms with E-state index in [-0.39, 0.29) is 24.1 Å². The second kappa shape index (κ2) is 9.01. The largest absolute Gasteiger partial charge is 0.484 e. The number of rotatable bonds is 7. The summed E-state index contributed by atoms with van der Waals surface area (Å²) in [6.45, 7) is -0.0604. The number of amides is 1. The summed E-state index contributed by atoms with van der Waals surface area (Å²) in [7, 11) is 3.31. The van der Waals surface area contributed by atoms with E-state index in [4.69, 9.17) is 9.15 Å². The molecule has 0 N–H and O–H groups in total. The summed E-state index contributed by atoms with van der Waals surface area (Å²) in [5.74, 6) is 0.959. The minimum absolute atomic E-state index is 0.0604. The van der Waals surface area contributed by atoms with Crippen molar-refractivity contribution in [1.82, 2.24) is 4.90 Å². The van der Waals surface area contributed by atoms with E-state index in [9.17, 15) is 14.0 Å². The Bertz CT molecular complexity index is 1020. The fraction of sp³-hybridized carbons (Fsp3) is 0.130. The number of ketones is 1. The maximum Gasteiger partial charge on any atom is 0.259 e. The molecule has 0 bridgehead atoms. The molecule has 0 aliphatic heterocycles. The Morgan fingerprint density at radius 3 is 2.34 bits per heavy atom. The monoisotopic (exact) mass is 393 g/mol. The number of carbonyl (C=O) groups is 2. The number of furan rings is 1. The topological polar surface area (TPSA) is 59.8 Å². The van der Waals surface area contributed by atoms with Crippen LogP contribution in [0.25, 0.3) is 17.4 Å². The first-order valence-corrected chi connectivity index (χ1v) is 8.93. The lowest BCUT2D eigenvalue weighted by Gasteiger charge is -2.11. The van der Waals surface area contributed by atoms with E-state index in [0.29, 0.717) is 22.8 Å². The summed E-state index contributed by atoms with van der Waals surface area (Å²) >= 11 is 0. The normalized spacial score (nSPS) is 10.9. The predicted octanol–water partition coefficient (Wildman–Crippen LogP) is 4.45. The van der Waals surface area contributed by atoms with Gasteiger partial charge in [0.2, 0.25) is 0 Å². The number of nitrogens with zero attached hydrogens (tertiary/aromatic N) is 1. The lowest BCUT2D eigenvalue weighted by Crippen LogP contribution is -2.27. The smallest absolute Gasteiger partial charge is 0.259 e. The van der Waals surface area contributed by atoms with Crippen molar-refractivity contribution in [2.75, 3.05) is 20.7 Å². The molecule has 3 aromatic rings. The average Bonchev–Trinajstić information content (AvgIpc) is 3.20. The Morgan fingerprint density at radius 2 is 1.69 bits per heavy atom. The minimum atomic E-state index is -0.313. The molecule has 1 aromatic heterocycles. The van der Waals surface area contributed by atoms with Gasteiger partial charge in [-0.1, -0.05) is 0 Å². The first-order chi connectivity index (χ1) is 13.9. The van der Waals surface area contributed by atoms with Gasteiger partial charge in [-0.25, -0.2) is 4.39 Å². The molecule has 1 amide bonds. The van der Waals surface area contributed by atoms with Crippen LogP contribution >= 0.6 is 0 Å². The van der Waals surface area contributed by atoms with Crippen LogP contribution in [-0.4, -0.2) is 37.3 Å². The highest BCUT2D eigenvalue weighted by Gasteiger charge is 2.07. The Kier molecular flexibility index (Phi) is 6.24. The fourth-order valence-corrected chi connectivity index (χ4v) is 2.46. The molecule has 29 heavy (non-hydrogen) atoms. The predicted molar refractivity (Wildman–Crippen MR) is 108 cm³/mol. The van der Waals surface area contributed by atoms with E-state index >= 15 is 0 Å². The number of ether oxygens (including phenoxy) is 1. The molecular weight excluding hydrogens is 373 g/mol. The van der Waals surface area contributed by atoms with Crippen molar-refractivity contribution >= 4 is 17.8 Å². The standard InChI is InChI=1S/C23H20FNO4/c1-25(2)23(27)15-28-19-9-5-16(6-10-19)21(26)13-11-20-12-14-22(29-20)17-3-7-18(24)8-4-17/h3-14H,15H2,1-2H3/b13-11+. The molecular formula is C23H20FNO4. The second-order valence-corrected chi connectivity index (χ2v) is 6.51. The quantitative estimate of drug-likeness (QED) is 0.440. The number of hydrogen-bond donors (Lipinski definition) is 0. The van der Waals surface area contributed by atoms with Crippen LogP contribution in [-0.2, 0) is 4.79 Å². The summed E-state index contributed by atoms with van der Waals surface area (Å²) < 4.78 is 24.1. The van der Waals surface area contributed by atoms with Crippen molar-refractivity contribution in [1.29, 1.82) is 0 Å². The molecule has 2 aromatic carbocycles. The Hall–Kier alpha value is -3.67. The highest BCUT2D eigenvalue weighted by molar-refractivity contribution is 6.06. The number of halogens is 1. The number of likely N-dealkylation sites (N-methyl/N-ethyl adjacent to an activating group) is 1. The number of carbonyl (C=O) groups excluding carboxylic acids is 2. The first kappa shape index (κ1) is 20.1. The highest BCUT2D eigenvalue weighted by Crippen LogP contribution is 2.23. The third-order valence-corrected chi connectivity index (χ3v) is 4.15. The number of allylic oxidation sites excluding steroid dienone is 1. The SMILES string of the molecule is CN(C)C(=O)COc1ccc(C(=O)/C=C/c2ccc(-c3ccc(F)cc3)o2)cc1. The zero-order chi connectivity index (χ0) is 20.8. The van der Waals surface area contributed by atoms with Crippen LogP contribution in [0, 0.1) is 5.82 Å². The summed E-state index contributed by atoms with van der Waals surface area (Å²) in [6.07, 6.45) is 2.99. The molecule has 0 fully saturated rings. The Labute approximate surface area is 168 Å². The Morgan fingerprint density at radius 1 is 1.00 bits per heavy atom. The van der Waals surface area contributed by atoms with Gasteiger partial charge in [0.05, 0.1) is 0 Å². The van der Waals surface area contributed by atoms with Crippen molar-refractivity contribution in [3.05, 3.63) is 83.9 Å². The highest BCUT2D eigenvalue weighted by atomic mass is 19.1. The maximum atomic E-state index is 13.0. The van der Waals surface area contributed by atoms with Crippen LogP contribution < -0.4 is 4.74 Å². The third kappa shape index (κ3) is 5.42. The summed E-state index contributed by atoms with van der Waals surface area (Å²) in [5.41, 5.74) is 1.23. The van der Waals surface area contributed by atoms with Crippen LogP contribution in [0.5, 0.6) is 5.75 Å². The molecule has 0 radical (unpaired) electrons. The van der Waals surface area contributed by atoms with E-state index < -0.39 is 0 Å². The van der Waals surface area contributed by atoms with Gasteiger partial charge in [-0.2, -0.15) is 0 Å². The van der Waals surface area contributed by atoms with E-state index in [1.165, 1.54) is 23.1 Å². The van der Waals surface area contributed by atoms with Crippen molar-refractivity contribution in [2.45, 2.75) is 0 Å². The van der Waals surface area contributed by atoms with Crippen LogP contribution in [0.1, 0.15) is 16.1 Å². The summed E-state index contributed by atoms with van der Waals surface area (Å²) in [6, 6.07) is 16.0. The molecule has 148 valence electrons. The molecule has 0 saturated heterocycles. The first-order valence-electron chi connectivity index (χ1n) is 8.93. The zero-order valence-electron chi connectivity index (χ0n) is 16.1. The van der Waals surface area contributed by atoms with Gasteiger partial charge in [0.25, 0.3) is 5.91 Å². The Balaban J connectivity index is 1.60. The number of hydrogen-bond acceptors (Lipinski definition) is 4. The molecule has 1 heterocycles. The van der Waals surface area contributed by atoms with Gasteiger partial charge in [-0.3, -0.25) is 9.59 Å². The van der Waals surface area contributed by atoms with Crippen LogP contribution in [0.2, 0.25) is 0 Å². The molecule has 0 spiro atoms. The van der Waals surface area contributed by atoms with Crippen LogP contribution in [0.3, 0.4) is 0 Å². The molecule has 6 heteroatoms. The average molecular weight is 393 g/mol. The minimum Gasteiger partial charge on any atom is -0.484 e. The molecule has 0 unspecified atom stereocenters. The van der Waals surface area contributed by atoms with E-state index in [0.717, 1.165) is 5.56 Å². The van der Waals surface area contributed by atoms with Gasteiger partial charge in [0.1, 0.15) is 23.1 Å².